The van der Waals surface area contributed by atoms with Gasteiger partial charge < -0.3 is 0 Å². The zero-order valence-electron chi connectivity index (χ0n) is 14.7. The standard InChI is InChI=1S/C22H15ClN2S3/c23-19(22(26)27-18-14-8-3-9-15-18)21-25(17-12-6-2-7-13-17)24-20(28-21)16-10-4-1-5-11-16/h1-15H. The zero-order valence-corrected chi connectivity index (χ0v) is 17.9. The lowest BCUT2D eigenvalue weighted by Crippen LogP contribution is -2.11. The summed E-state index contributed by atoms with van der Waals surface area (Å²) in [5.41, 5.74) is 2.00. The van der Waals surface area contributed by atoms with E-state index in [1.807, 2.05) is 96.0 Å². The first-order chi connectivity index (χ1) is 13.7. The van der Waals surface area contributed by atoms with Crippen LogP contribution in [-0.4, -0.2) is 9.24 Å². The van der Waals surface area contributed by atoms with E-state index in [1.165, 1.54) is 23.5 Å². The van der Waals surface area contributed by atoms with Crippen molar-refractivity contribution in [1.82, 2.24) is 0 Å². The SMILES string of the molecule is S=C(Sc1ccccc1)C(Cl)=C1SC(c2ccccc2)=NN1c1ccccc1. The van der Waals surface area contributed by atoms with Crippen LogP contribution in [0.5, 0.6) is 0 Å². The van der Waals surface area contributed by atoms with E-state index in [0.29, 0.717) is 9.23 Å². The molecule has 3 aromatic rings. The molecular weight excluding hydrogens is 424 g/mol. The lowest BCUT2D eigenvalue weighted by Gasteiger charge is -2.17. The molecule has 1 aliphatic rings. The van der Waals surface area contributed by atoms with E-state index in [0.717, 1.165) is 26.2 Å². The lowest BCUT2D eigenvalue weighted by molar-refractivity contribution is 1.08. The molecule has 138 valence electrons. The van der Waals surface area contributed by atoms with Crippen LogP contribution in [0.4, 0.5) is 5.69 Å². The third-order valence-corrected chi connectivity index (χ3v) is 7.06. The Morgan fingerprint density at radius 2 is 1.43 bits per heavy atom. The summed E-state index contributed by atoms with van der Waals surface area (Å²) < 4.78 is 0.626. The fraction of sp³-hybridized carbons (Fsp3) is 0. The molecule has 0 spiro atoms. The van der Waals surface area contributed by atoms with E-state index >= 15 is 0 Å². The second kappa shape index (κ2) is 8.97. The molecule has 0 bridgehead atoms. The fourth-order valence-corrected chi connectivity index (χ4v) is 5.10. The number of rotatable bonds is 4. The number of hydrogen-bond acceptors (Lipinski definition) is 5. The highest BCUT2D eigenvalue weighted by Gasteiger charge is 2.28. The van der Waals surface area contributed by atoms with Gasteiger partial charge in [0.25, 0.3) is 0 Å². The molecule has 0 amide bonds. The molecule has 0 radical (unpaired) electrons. The van der Waals surface area contributed by atoms with Gasteiger partial charge in [-0.25, -0.2) is 5.01 Å². The van der Waals surface area contributed by atoms with E-state index in [-0.39, 0.29) is 0 Å². The number of hydrogen-bond donors (Lipinski definition) is 0. The molecule has 28 heavy (non-hydrogen) atoms. The van der Waals surface area contributed by atoms with Crippen molar-refractivity contribution in [2.45, 2.75) is 4.90 Å². The average Bonchev–Trinajstić information content (AvgIpc) is 3.20. The smallest absolute Gasteiger partial charge is 0.131 e. The maximum absolute atomic E-state index is 6.77. The van der Waals surface area contributed by atoms with Crippen LogP contribution in [0.3, 0.4) is 0 Å². The summed E-state index contributed by atoms with van der Waals surface area (Å²) in [7, 11) is 0. The Morgan fingerprint density at radius 3 is 2.07 bits per heavy atom. The third-order valence-electron chi connectivity index (χ3n) is 3.92. The molecule has 0 N–H and O–H groups in total. The van der Waals surface area contributed by atoms with Gasteiger partial charge in [-0.15, -0.1) is 0 Å². The van der Waals surface area contributed by atoms with Gasteiger partial charge in [-0.05, 0) is 36.0 Å². The summed E-state index contributed by atoms with van der Waals surface area (Å²) >= 11 is 15.4. The minimum Gasteiger partial charge on any atom is -0.224 e. The zero-order chi connectivity index (χ0) is 19.3. The Morgan fingerprint density at radius 1 is 0.857 bits per heavy atom. The Hall–Kier alpha value is -2.05. The van der Waals surface area contributed by atoms with Crippen LogP contribution >= 0.6 is 47.3 Å². The number of thiocarbonyl (C=S) groups is 1. The van der Waals surface area contributed by atoms with Crippen molar-refractivity contribution in [3.05, 3.63) is 107 Å². The molecule has 0 saturated carbocycles. The van der Waals surface area contributed by atoms with Crippen LogP contribution in [0.25, 0.3) is 0 Å². The fourth-order valence-electron chi connectivity index (χ4n) is 2.60. The highest BCUT2D eigenvalue weighted by Crippen LogP contribution is 2.41. The maximum Gasteiger partial charge on any atom is 0.131 e. The maximum atomic E-state index is 6.77. The van der Waals surface area contributed by atoms with Crippen molar-refractivity contribution in [3.63, 3.8) is 0 Å². The van der Waals surface area contributed by atoms with Crippen LogP contribution in [0.15, 0.2) is 111 Å². The molecule has 0 atom stereocenters. The second-order valence-electron chi connectivity index (χ2n) is 5.84. The van der Waals surface area contributed by atoms with Gasteiger partial charge in [0.15, 0.2) is 0 Å². The summed E-state index contributed by atoms with van der Waals surface area (Å²) in [4.78, 5) is 1.06. The van der Waals surface area contributed by atoms with Crippen LogP contribution in [0.1, 0.15) is 5.56 Å². The number of thioether (sulfide) groups is 2. The molecule has 6 heteroatoms. The number of anilines is 1. The van der Waals surface area contributed by atoms with Crippen molar-refractivity contribution < 1.29 is 0 Å². The van der Waals surface area contributed by atoms with Gasteiger partial charge in [0.2, 0.25) is 0 Å². The number of hydrazone groups is 1. The van der Waals surface area contributed by atoms with E-state index in [4.69, 9.17) is 28.9 Å². The first-order valence-corrected chi connectivity index (χ1v) is 11.0. The van der Waals surface area contributed by atoms with Gasteiger partial charge in [-0.3, -0.25) is 0 Å². The van der Waals surface area contributed by atoms with E-state index in [1.54, 1.807) is 0 Å². The number of benzene rings is 3. The monoisotopic (exact) mass is 438 g/mol. The molecule has 0 fully saturated rings. The Labute approximate surface area is 183 Å². The normalized spacial score (nSPS) is 15.3. The molecule has 0 aliphatic carbocycles. The molecule has 0 saturated heterocycles. The van der Waals surface area contributed by atoms with Crippen LogP contribution in [0, 0.1) is 0 Å². The number of para-hydroxylation sites is 1. The molecule has 1 heterocycles. The van der Waals surface area contributed by atoms with Gasteiger partial charge in [-0.2, -0.15) is 5.10 Å². The molecule has 4 rings (SSSR count). The van der Waals surface area contributed by atoms with Gasteiger partial charge in [-0.1, -0.05) is 102 Å². The second-order valence-corrected chi connectivity index (χ2v) is 8.95. The summed E-state index contributed by atoms with van der Waals surface area (Å²) in [5, 5.41) is 8.94. The topological polar surface area (TPSA) is 15.6 Å². The number of nitrogens with zero attached hydrogens (tertiary/aromatic N) is 2. The van der Waals surface area contributed by atoms with E-state index < -0.39 is 0 Å². The summed E-state index contributed by atoms with van der Waals surface area (Å²) in [6, 6.07) is 30.1. The van der Waals surface area contributed by atoms with Gasteiger partial charge in [0, 0.05) is 10.5 Å². The third kappa shape index (κ3) is 4.33. The molecule has 3 aromatic carbocycles. The van der Waals surface area contributed by atoms with Crippen LogP contribution < -0.4 is 5.01 Å². The lowest BCUT2D eigenvalue weighted by atomic mass is 10.2. The summed E-state index contributed by atoms with van der Waals surface area (Å²) in [5.74, 6) is 0. The van der Waals surface area contributed by atoms with Crippen LogP contribution in [-0.2, 0) is 0 Å². The predicted molar refractivity (Wildman–Crippen MR) is 127 cm³/mol. The predicted octanol–water partition coefficient (Wildman–Crippen LogP) is 7.13. The largest absolute Gasteiger partial charge is 0.224 e. The van der Waals surface area contributed by atoms with Gasteiger partial charge in [0.1, 0.15) is 10.1 Å². The highest BCUT2D eigenvalue weighted by atomic mass is 35.5. The molecule has 0 unspecified atom stereocenters. The molecule has 0 aromatic heterocycles. The van der Waals surface area contributed by atoms with Crippen molar-refractivity contribution in [2.75, 3.05) is 5.01 Å². The molecular formula is C22H15ClN2S3. The summed E-state index contributed by atoms with van der Waals surface area (Å²) in [6.07, 6.45) is 0. The van der Waals surface area contributed by atoms with E-state index in [9.17, 15) is 0 Å². The molecule has 2 nitrogen and oxygen atoms in total. The van der Waals surface area contributed by atoms with Crippen LogP contribution in [0.2, 0.25) is 0 Å². The van der Waals surface area contributed by atoms with Gasteiger partial charge >= 0.3 is 0 Å². The Balaban J connectivity index is 1.69. The minimum atomic E-state index is 0.535. The minimum absolute atomic E-state index is 0.535. The average molecular weight is 439 g/mol. The van der Waals surface area contributed by atoms with Crippen molar-refractivity contribution in [1.29, 1.82) is 0 Å². The quantitative estimate of drug-likeness (QED) is 0.244. The Bertz CT molecular complexity index is 1040. The van der Waals surface area contributed by atoms with Crippen molar-refractivity contribution in [2.24, 2.45) is 5.10 Å². The van der Waals surface area contributed by atoms with Gasteiger partial charge in [0.05, 0.1) is 14.9 Å². The van der Waals surface area contributed by atoms with E-state index in [2.05, 4.69) is 0 Å². The first kappa shape index (κ1) is 19.3. The Kier molecular flexibility index (Phi) is 6.17. The first-order valence-electron chi connectivity index (χ1n) is 8.56. The highest BCUT2D eigenvalue weighted by molar-refractivity contribution is 8.24. The molecule has 1 aliphatic heterocycles. The van der Waals surface area contributed by atoms with Crippen molar-refractivity contribution >= 4 is 62.3 Å². The van der Waals surface area contributed by atoms with Crippen molar-refractivity contribution in [3.8, 4) is 0 Å². The summed E-state index contributed by atoms with van der Waals surface area (Å²) in [6.45, 7) is 0. The number of halogens is 1.